The van der Waals surface area contributed by atoms with Crippen LogP contribution in [0.1, 0.15) is 5.71 Å². The van der Waals surface area contributed by atoms with Gasteiger partial charge in [-0.05, 0) is 0 Å². The molecule has 0 heterocycles. The molecule has 0 saturated carbocycles. The van der Waals surface area contributed by atoms with Gasteiger partial charge in [-0.2, -0.15) is 0 Å². The van der Waals surface area contributed by atoms with E-state index in [1.807, 2.05) is 0 Å². The zero-order valence-corrected chi connectivity index (χ0v) is 15.1. The summed E-state index contributed by atoms with van der Waals surface area (Å²) < 4.78 is 0. The largest absolute Gasteiger partial charge is 2.00 e. The molecule has 0 N–H and O–H groups in total. The Morgan fingerprint density at radius 3 is 1.25 bits per heavy atom. The van der Waals surface area contributed by atoms with Gasteiger partial charge in [0.25, 0.3) is 0 Å². The van der Waals surface area contributed by atoms with Gasteiger partial charge in [0.1, 0.15) is 0 Å². The average Bonchev–Trinajstić information content (AvgIpc) is 0. The summed E-state index contributed by atoms with van der Waals surface area (Å²) in [5, 5.41) is 0. The molecule has 0 unspecified atom stereocenters. The first-order valence-corrected chi connectivity index (χ1v) is 0. The first-order valence-electron chi connectivity index (χ1n) is 0. The molecular weight excluding hydrogens is 422 g/mol. The molecule has 0 aliphatic carbocycles. The standard InChI is InChI=1S/Ba.Fe.Pr.Sr.4H/q+2;;;+2;4*-1. The monoisotopic (exact) mass is 427 g/mol. The van der Waals surface area contributed by atoms with Gasteiger partial charge in [0.2, 0.25) is 0 Å². The predicted molar refractivity (Wildman–Crippen MR) is 16.0 cm³/mol. The van der Waals surface area contributed by atoms with Crippen LogP contribution in [0, 0.1) is 41.3 Å². The van der Waals surface area contributed by atoms with E-state index in [1.54, 1.807) is 0 Å². The molecule has 0 fully saturated rings. The molecule has 0 aromatic heterocycles. The zero-order valence-electron chi connectivity index (χ0n) is 6.35. The van der Waals surface area contributed by atoms with Crippen molar-refractivity contribution in [3.8, 4) is 0 Å². The molecule has 0 spiro atoms. The maximum Gasteiger partial charge on any atom is 2.00 e. The van der Waals surface area contributed by atoms with Crippen LogP contribution < -0.4 is 0 Å². The predicted octanol–water partition coefficient (Wildman–Crippen LogP) is -0.314. The quantitative estimate of drug-likeness (QED) is 0.467. The van der Waals surface area contributed by atoms with E-state index in [4.69, 9.17) is 0 Å². The second kappa shape index (κ2) is 15.7. The van der Waals surface area contributed by atoms with E-state index in [9.17, 15) is 0 Å². The normalized spacial score (nSPS) is 0. The molecular formula is H4BaFePrSr. The molecule has 0 aliphatic rings. The first kappa shape index (κ1) is 23.1. The van der Waals surface area contributed by atoms with Crippen LogP contribution in [0.5, 0.6) is 0 Å². The topological polar surface area (TPSA) is 0 Å². The molecule has 0 aromatic rings. The summed E-state index contributed by atoms with van der Waals surface area (Å²) >= 11 is 0. The van der Waals surface area contributed by atoms with Gasteiger partial charge in [-0.3, -0.25) is 0 Å². The maximum atomic E-state index is 0. The molecule has 0 aliphatic heterocycles. The Morgan fingerprint density at radius 2 is 1.25 bits per heavy atom. The van der Waals surface area contributed by atoms with Crippen LogP contribution in [-0.4, -0.2) is 94.4 Å². The Labute approximate surface area is 153 Å². The minimum Gasteiger partial charge on any atom is -1.00 e. The second-order valence-electron chi connectivity index (χ2n) is 0. The Balaban J connectivity index is 0. The van der Waals surface area contributed by atoms with Crippen molar-refractivity contribution in [2.24, 2.45) is 0 Å². The van der Waals surface area contributed by atoms with Crippen LogP contribution in [0.3, 0.4) is 0 Å². The maximum absolute atomic E-state index is 0. The van der Waals surface area contributed by atoms with Crippen LogP contribution in [0.4, 0.5) is 0 Å². The summed E-state index contributed by atoms with van der Waals surface area (Å²) in [6.45, 7) is 0. The number of hydrogen-bond donors (Lipinski definition) is 0. The van der Waals surface area contributed by atoms with Gasteiger partial charge < -0.3 is 5.71 Å². The summed E-state index contributed by atoms with van der Waals surface area (Å²) in [6.07, 6.45) is 0. The summed E-state index contributed by atoms with van der Waals surface area (Å²) in [6, 6.07) is 0. The van der Waals surface area contributed by atoms with Crippen molar-refractivity contribution in [2.45, 2.75) is 0 Å². The van der Waals surface area contributed by atoms with Crippen molar-refractivity contribution in [2.75, 3.05) is 0 Å². The molecule has 1 radical (unpaired) electrons. The van der Waals surface area contributed by atoms with Gasteiger partial charge in [-0.1, -0.05) is 0 Å². The van der Waals surface area contributed by atoms with Crippen molar-refractivity contribution in [1.82, 2.24) is 0 Å². The molecule has 0 atom stereocenters. The van der Waals surface area contributed by atoms with E-state index in [2.05, 4.69) is 0 Å². The summed E-state index contributed by atoms with van der Waals surface area (Å²) in [5.41, 5.74) is 0. The van der Waals surface area contributed by atoms with Crippen LogP contribution in [0.2, 0.25) is 0 Å². The molecule has 0 aromatic carbocycles. The third-order valence-corrected chi connectivity index (χ3v) is 0. The van der Waals surface area contributed by atoms with Gasteiger partial charge in [-0.25, -0.2) is 0 Å². The Bertz CT molecular complexity index is 16.0. The molecule has 0 rings (SSSR count). The smallest absolute Gasteiger partial charge is 1.00 e. The van der Waals surface area contributed by atoms with Gasteiger partial charge in [0.05, 0.1) is 0 Å². The van der Waals surface area contributed by atoms with Crippen molar-refractivity contribution in [3.63, 3.8) is 0 Å². The SMILES string of the molecule is [Ba+2].[Fe].[H-].[H-].[H-].[H-].[Pr].[Sr+2]. The Kier molecular flexibility index (Phi) is 90.5. The van der Waals surface area contributed by atoms with Gasteiger partial charge in [0, 0.05) is 58.4 Å². The molecule has 0 bridgehead atoms. The average molecular weight is 426 g/mol. The Morgan fingerprint density at radius 1 is 1.25 bits per heavy atom. The second-order valence-corrected chi connectivity index (χ2v) is 0. The van der Waals surface area contributed by atoms with Crippen LogP contribution in [-0.2, 0) is 17.1 Å². The first-order chi connectivity index (χ1) is 0. The summed E-state index contributed by atoms with van der Waals surface area (Å²) in [5.74, 6) is 0. The molecule has 19 valence electrons. The number of hydrogen-bond acceptors (Lipinski definition) is 0. The molecule has 0 amide bonds. The van der Waals surface area contributed by atoms with E-state index < -0.39 is 0 Å². The molecule has 0 saturated heterocycles. The van der Waals surface area contributed by atoms with Gasteiger partial charge in [0.15, 0.2) is 0 Å². The van der Waals surface area contributed by atoms with Crippen LogP contribution in [0.25, 0.3) is 0 Å². The molecule has 4 heavy (non-hydrogen) atoms. The fourth-order valence-electron chi connectivity index (χ4n) is 0. The van der Waals surface area contributed by atoms with E-state index in [1.165, 1.54) is 0 Å². The van der Waals surface area contributed by atoms with Crippen molar-refractivity contribution in [1.29, 1.82) is 0 Å². The molecule has 4 heteroatoms. The minimum atomic E-state index is 0. The van der Waals surface area contributed by atoms with E-state index >= 15 is 0 Å². The van der Waals surface area contributed by atoms with Crippen molar-refractivity contribution < 1.29 is 64.1 Å². The molecule has 0 nitrogen and oxygen atoms in total. The van der Waals surface area contributed by atoms with Crippen molar-refractivity contribution >= 4 is 94.4 Å². The van der Waals surface area contributed by atoms with Gasteiger partial charge >= 0.3 is 94.4 Å². The van der Waals surface area contributed by atoms with E-state index in [0.29, 0.717) is 0 Å². The van der Waals surface area contributed by atoms with E-state index in [-0.39, 0.29) is 158 Å². The van der Waals surface area contributed by atoms with Crippen molar-refractivity contribution in [3.05, 3.63) is 0 Å². The zero-order chi connectivity index (χ0) is 0. The fourth-order valence-corrected chi connectivity index (χ4v) is 0. The van der Waals surface area contributed by atoms with Crippen LogP contribution >= 0.6 is 0 Å². The fraction of sp³-hybridized carbons (Fsp3) is 0. The van der Waals surface area contributed by atoms with Crippen LogP contribution in [0.15, 0.2) is 0 Å². The minimum absolute atomic E-state index is 0. The van der Waals surface area contributed by atoms with E-state index in [0.717, 1.165) is 0 Å². The third kappa shape index (κ3) is 10.0. The number of rotatable bonds is 0. The third-order valence-electron chi connectivity index (χ3n) is 0. The summed E-state index contributed by atoms with van der Waals surface area (Å²) in [7, 11) is 0. The van der Waals surface area contributed by atoms with Gasteiger partial charge in [-0.15, -0.1) is 0 Å². The summed E-state index contributed by atoms with van der Waals surface area (Å²) in [4.78, 5) is 0. The Hall–Kier alpha value is 4.94.